The first-order chi connectivity index (χ1) is 8.88. The van der Waals surface area contributed by atoms with E-state index in [-0.39, 0.29) is 0 Å². The summed E-state index contributed by atoms with van der Waals surface area (Å²) in [6, 6.07) is 0.320. The molecule has 100 valence electrons. The maximum atomic E-state index is 5.43. The minimum Gasteiger partial charge on any atom is -0.477 e. The van der Waals surface area contributed by atoms with Crippen LogP contribution in [0.2, 0.25) is 0 Å². The van der Waals surface area contributed by atoms with Crippen molar-refractivity contribution in [3.05, 3.63) is 12.4 Å². The van der Waals surface area contributed by atoms with Crippen LogP contribution in [0.1, 0.15) is 13.3 Å². The number of aromatic nitrogens is 2. The van der Waals surface area contributed by atoms with E-state index in [2.05, 4.69) is 27.5 Å². The van der Waals surface area contributed by atoms with Crippen LogP contribution < -0.4 is 15.4 Å². The standard InChI is InChI=1S/C12H20N4O2/c1-2-4-18-12-8-13-7-11(16-12)15-6-10-9-17-5-3-14-10/h7-8,10,14H,2-6,9H2,1H3,(H,15,16). The summed E-state index contributed by atoms with van der Waals surface area (Å²) in [5.74, 6) is 1.30. The third kappa shape index (κ3) is 4.12. The van der Waals surface area contributed by atoms with Crippen LogP contribution in [0, 0.1) is 0 Å². The van der Waals surface area contributed by atoms with Crippen molar-refractivity contribution in [3.8, 4) is 5.88 Å². The minimum atomic E-state index is 0.320. The van der Waals surface area contributed by atoms with Gasteiger partial charge in [0.2, 0.25) is 5.88 Å². The highest BCUT2D eigenvalue weighted by atomic mass is 16.5. The lowest BCUT2D eigenvalue weighted by atomic mass is 10.3. The summed E-state index contributed by atoms with van der Waals surface area (Å²) >= 11 is 0. The van der Waals surface area contributed by atoms with Gasteiger partial charge in [-0.2, -0.15) is 4.98 Å². The van der Waals surface area contributed by atoms with Crippen molar-refractivity contribution in [1.82, 2.24) is 15.3 Å². The Labute approximate surface area is 107 Å². The van der Waals surface area contributed by atoms with Crippen LogP contribution in [0.15, 0.2) is 12.4 Å². The Hall–Kier alpha value is -1.40. The maximum absolute atomic E-state index is 5.43. The highest BCUT2D eigenvalue weighted by molar-refractivity contribution is 5.33. The van der Waals surface area contributed by atoms with Crippen LogP contribution in [0.25, 0.3) is 0 Å². The first-order valence-corrected chi connectivity index (χ1v) is 6.38. The fourth-order valence-corrected chi connectivity index (χ4v) is 1.69. The Bertz CT molecular complexity index is 356. The number of ether oxygens (including phenoxy) is 2. The van der Waals surface area contributed by atoms with E-state index in [0.29, 0.717) is 18.5 Å². The monoisotopic (exact) mass is 252 g/mol. The molecule has 1 aliphatic rings. The van der Waals surface area contributed by atoms with Gasteiger partial charge in [0.05, 0.1) is 32.2 Å². The molecular formula is C12H20N4O2. The molecule has 0 amide bonds. The third-order valence-corrected chi connectivity index (χ3v) is 2.59. The topological polar surface area (TPSA) is 68.3 Å². The van der Waals surface area contributed by atoms with E-state index >= 15 is 0 Å². The number of anilines is 1. The van der Waals surface area contributed by atoms with Gasteiger partial charge in [-0.1, -0.05) is 6.92 Å². The van der Waals surface area contributed by atoms with E-state index in [1.165, 1.54) is 0 Å². The van der Waals surface area contributed by atoms with Crippen LogP contribution in [-0.2, 0) is 4.74 Å². The largest absolute Gasteiger partial charge is 0.477 e. The predicted octanol–water partition coefficient (Wildman–Crippen LogP) is 0.666. The fourth-order valence-electron chi connectivity index (χ4n) is 1.69. The smallest absolute Gasteiger partial charge is 0.234 e. The van der Waals surface area contributed by atoms with Crippen LogP contribution in [-0.4, -0.2) is 48.9 Å². The van der Waals surface area contributed by atoms with Gasteiger partial charge in [0.1, 0.15) is 5.82 Å². The van der Waals surface area contributed by atoms with Crippen LogP contribution in [0.5, 0.6) is 5.88 Å². The van der Waals surface area contributed by atoms with E-state index in [0.717, 1.165) is 38.5 Å². The van der Waals surface area contributed by atoms with Crippen molar-refractivity contribution >= 4 is 5.82 Å². The van der Waals surface area contributed by atoms with Gasteiger partial charge in [0.15, 0.2) is 0 Å². The number of morpholine rings is 1. The molecule has 0 saturated carbocycles. The van der Waals surface area contributed by atoms with Gasteiger partial charge in [-0.15, -0.1) is 0 Å². The molecular weight excluding hydrogens is 232 g/mol. The summed E-state index contributed by atoms with van der Waals surface area (Å²) in [6.07, 6.45) is 4.29. The molecule has 0 radical (unpaired) electrons. The molecule has 6 heteroatoms. The van der Waals surface area contributed by atoms with E-state index in [1.807, 2.05) is 0 Å². The summed E-state index contributed by atoms with van der Waals surface area (Å²) in [7, 11) is 0. The van der Waals surface area contributed by atoms with E-state index in [4.69, 9.17) is 9.47 Å². The molecule has 0 aliphatic carbocycles. The van der Waals surface area contributed by atoms with Gasteiger partial charge >= 0.3 is 0 Å². The number of nitrogens with one attached hydrogen (secondary N) is 2. The minimum absolute atomic E-state index is 0.320. The molecule has 1 saturated heterocycles. The van der Waals surface area contributed by atoms with Crippen molar-refractivity contribution in [2.45, 2.75) is 19.4 Å². The van der Waals surface area contributed by atoms with Crippen molar-refractivity contribution in [2.24, 2.45) is 0 Å². The van der Waals surface area contributed by atoms with Crippen LogP contribution in [0.4, 0.5) is 5.82 Å². The van der Waals surface area contributed by atoms with Gasteiger partial charge in [-0.3, -0.25) is 4.98 Å². The van der Waals surface area contributed by atoms with Gasteiger partial charge in [-0.25, -0.2) is 0 Å². The molecule has 1 atom stereocenters. The maximum Gasteiger partial charge on any atom is 0.234 e. The molecule has 2 N–H and O–H groups in total. The Morgan fingerprint density at radius 1 is 1.56 bits per heavy atom. The first kappa shape index (κ1) is 13.0. The molecule has 18 heavy (non-hydrogen) atoms. The highest BCUT2D eigenvalue weighted by Crippen LogP contribution is 2.09. The Kier molecular flexibility index (Phi) is 5.16. The normalized spacial score (nSPS) is 19.5. The number of hydrogen-bond acceptors (Lipinski definition) is 6. The van der Waals surface area contributed by atoms with E-state index in [1.54, 1.807) is 12.4 Å². The van der Waals surface area contributed by atoms with Crippen molar-refractivity contribution in [1.29, 1.82) is 0 Å². The quantitative estimate of drug-likeness (QED) is 0.775. The van der Waals surface area contributed by atoms with Gasteiger partial charge < -0.3 is 20.1 Å². The molecule has 1 aromatic heterocycles. The number of hydrogen-bond donors (Lipinski definition) is 2. The Morgan fingerprint density at radius 3 is 3.28 bits per heavy atom. The van der Waals surface area contributed by atoms with Gasteiger partial charge in [0.25, 0.3) is 0 Å². The van der Waals surface area contributed by atoms with Crippen molar-refractivity contribution in [3.63, 3.8) is 0 Å². The molecule has 2 rings (SSSR count). The highest BCUT2D eigenvalue weighted by Gasteiger charge is 2.12. The Balaban J connectivity index is 1.80. The molecule has 6 nitrogen and oxygen atoms in total. The summed E-state index contributed by atoms with van der Waals surface area (Å²) in [5.41, 5.74) is 0. The SMILES string of the molecule is CCCOc1cncc(NCC2COCCN2)n1. The Morgan fingerprint density at radius 2 is 2.50 bits per heavy atom. The third-order valence-electron chi connectivity index (χ3n) is 2.59. The second-order valence-electron chi connectivity index (χ2n) is 4.20. The zero-order valence-corrected chi connectivity index (χ0v) is 10.7. The van der Waals surface area contributed by atoms with Crippen molar-refractivity contribution in [2.75, 3.05) is 38.2 Å². The number of rotatable bonds is 6. The molecule has 1 fully saturated rings. The molecule has 0 spiro atoms. The lowest BCUT2D eigenvalue weighted by Gasteiger charge is -2.24. The average molecular weight is 252 g/mol. The zero-order chi connectivity index (χ0) is 12.6. The lowest BCUT2D eigenvalue weighted by Crippen LogP contribution is -2.45. The number of nitrogens with zero attached hydrogens (tertiary/aromatic N) is 2. The second kappa shape index (κ2) is 7.13. The van der Waals surface area contributed by atoms with Crippen LogP contribution >= 0.6 is 0 Å². The lowest BCUT2D eigenvalue weighted by molar-refractivity contribution is 0.0806. The predicted molar refractivity (Wildman–Crippen MR) is 68.9 cm³/mol. The van der Waals surface area contributed by atoms with Crippen LogP contribution in [0.3, 0.4) is 0 Å². The average Bonchev–Trinajstić information content (AvgIpc) is 2.44. The molecule has 0 bridgehead atoms. The molecule has 1 aromatic rings. The summed E-state index contributed by atoms with van der Waals surface area (Å²) in [4.78, 5) is 8.43. The first-order valence-electron chi connectivity index (χ1n) is 6.38. The summed E-state index contributed by atoms with van der Waals surface area (Å²) < 4.78 is 10.8. The molecule has 2 heterocycles. The fraction of sp³-hybridized carbons (Fsp3) is 0.667. The zero-order valence-electron chi connectivity index (χ0n) is 10.7. The summed E-state index contributed by atoms with van der Waals surface area (Å²) in [6.45, 7) is 5.91. The molecule has 0 aromatic carbocycles. The molecule has 1 unspecified atom stereocenters. The van der Waals surface area contributed by atoms with Gasteiger partial charge in [0, 0.05) is 19.1 Å². The second-order valence-corrected chi connectivity index (χ2v) is 4.20. The van der Waals surface area contributed by atoms with Gasteiger partial charge in [-0.05, 0) is 6.42 Å². The van der Waals surface area contributed by atoms with E-state index in [9.17, 15) is 0 Å². The van der Waals surface area contributed by atoms with E-state index < -0.39 is 0 Å². The van der Waals surface area contributed by atoms with Crippen molar-refractivity contribution < 1.29 is 9.47 Å². The summed E-state index contributed by atoms with van der Waals surface area (Å²) in [5, 5.41) is 6.61. The molecule has 1 aliphatic heterocycles.